The van der Waals surface area contributed by atoms with Crippen LogP contribution in [0.2, 0.25) is 0 Å². The lowest BCUT2D eigenvalue weighted by Crippen LogP contribution is -2.32. The number of rotatable bonds is 9. The summed E-state index contributed by atoms with van der Waals surface area (Å²) in [5.41, 5.74) is 3.00. The summed E-state index contributed by atoms with van der Waals surface area (Å²) in [6, 6.07) is 4.01. The molecule has 0 unspecified atom stereocenters. The molecule has 4 heteroatoms. The minimum absolute atomic E-state index is 0.0710. The lowest BCUT2D eigenvalue weighted by molar-refractivity contribution is -0.697. The number of hydrogen-bond donors (Lipinski definition) is 1. The number of pyridine rings is 1. The number of aryl methyl sites for hydroxylation is 1. The van der Waals surface area contributed by atoms with E-state index in [4.69, 9.17) is 4.74 Å². The zero-order valence-corrected chi connectivity index (χ0v) is 24.2. The van der Waals surface area contributed by atoms with Gasteiger partial charge in [-0.15, -0.1) is 0 Å². The summed E-state index contributed by atoms with van der Waals surface area (Å²) in [7, 11) is 0. The maximum atomic E-state index is 13.1. The Morgan fingerprint density at radius 1 is 0.919 bits per heavy atom. The Bertz CT molecular complexity index is 1130. The van der Waals surface area contributed by atoms with E-state index in [1.165, 1.54) is 38.5 Å². The van der Waals surface area contributed by atoms with Crippen LogP contribution in [0.5, 0.6) is 0 Å². The Balaban J connectivity index is 1.79. The van der Waals surface area contributed by atoms with E-state index in [1.807, 2.05) is 31.2 Å². The summed E-state index contributed by atoms with van der Waals surface area (Å²) in [5, 5.41) is 10.9. The van der Waals surface area contributed by atoms with Gasteiger partial charge >= 0.3 is 0 Å². The highest BCUT2D eigenvalue weighted by molar-refractivity contribution is 6.24. The van der Waals surface area contributed by atoms with Gasteiger partial charge in [-0.25, -0.2) is 4.57 Å². The number of unbranched alkanes of at least 4 members (excludes halogenated alkanes) is 5. The predicted molar refractivity (Wildman–Crippen MR) is 152 cm³/mol. The number of aliphatic hydroxyl groups excluding tert-OH is 1. The smallest absolute Gasteiger partial charge is 0.200 e. The normalized spacial score (nSPS) is 17.5. The summed E-state index contributed by atoms with van der Waals surface area (Å²) in [6.45, 7) is 17.8. The van der Waals surface area contributed by atoms with Gasteiger partial charge in [-0.3, -0.25) is 4.79 Å². The fourth-order valence-electron chi connectivity index (χ4n) is 4.46. The number of allylic oxidation sites excluding steroid dienone is 8. The lowest BCUT2D eigenvalue weighted by atomic mass is 9.79. The van der Waals surface area contributed by atoms with Crippen molar-refractivity contribution in [2.75, 3.05) is 0 Å². The van der Waals surface area contributed by atoms with Crippen LogP contribution in [-0.2, 0) is 16.1 Å². The van der Waals surface area contributed by atoms with Crippen LogP contribution in [0.3, 0.4) is 0 Å². The van der Waals surface area contributed by atoms with Crippen LogP contribution in [0.15, 0.2) is 76.2 Å². The van der Waals surface area contributed by atoms with Gasteiger partial charge < -0.3 is 9.84 Å². The van der Waals surface area contributed by atoms with Gasteiger partial charge in [-0.2, -0.15) is 0 Å². The van der Waals surface area contributed by atoms with Gasteiger partial charge in [0, 0.05) is 29.4 Å². The zero-order valence-electron chi connectivity index (χ0n) is 24.2. The zero-order chi connectivity index (χ0) is 27.4. The lowest BCUT2D eigenvalue weighted by Gasteiger charge is -2.33. The first-order valence-electron chi connectivity index (χ1n) is 13.9. The molecule has 37 heavy (non-hydrogen) atoms. The van der Waals surface area contributed by atoms with Crippen molar-refractivity contribution in [2.24, 2.45) is 10.8 Å². The van der Waals surface area contributed by atoms with Crippen LogP contribution in [0.4, 0.5) is 0 Å². The van der Waals surface area contributed by atoms with E-state index in [0.717, 1.165) is 34.8 Å². The molecule has 0 amide bonds. The van der Waals surface area contributed by atoms with E-state index in [0.29, 0.717) is 11.1 Å². The molecule has 1 aromatic heterocycles. The Morgan fingerprint density at radius 3 is 1.97 bits per heavy atom. The fraction of sp³-hybridized carbons (Fsp3) is 0.515. The first-order valence-corrected chi connectivity index (χ1v) is 13.9. The maximum absolute atomic E-state index is 13.1. The number of aromatic nitrogens is 1. The third-order valence-corrected chi connectivity index (χ3v) is 7.04. The summed E-state index contributed by atoms with van der Waals surface area (Å²) in [6.07, 6.45) is 17.6. The molecule has 4 nitrogen and oxygen atoms in total. The molecule has 3 rings (SSSR count). The molecule has 0 fully saturated rings. The van der Waals surface area contributed by atoms with Crippen molar-refractivity contribution in [2.45, 2.75) is 100 Å². The van der Waals surface area contributed by atoms with E-state index in [9.17, 15) is 9.90 Å². The van der Waals surface area contributed by atoms with E-state index >= 15 is 0 Å². The molecule has 0 spiro atoms. The minimum atomic E-state index is -0.180. The maximum Gasteiger partial charge on any atom is 0.200 e. The second-order valence-electron chi connectivity index (χ2n) is 12.4. The monoisotopic (exact) mass is 504 g/mol. The van der Waals surface area contributed by atoms with E-state index in [-0.39, 0.29) is 22.4 Å². The third kappa shape index (κ3) is 7.12. The molecule has 1 aliphatic carbocycles. The van der Waals surface area contributed by atoms with Crippen LogP contribution in [-0.4, -0.2) is 10.9 Å². The standard InChI is InChI=1S/C33H45NO3/c1-9-10-11-12-13-14-17-34-18-15-24(16-19-34)20-26-30(35)29(31(26)36)23(2)25-21-27(32(3,4)5)37-28(22-25)33(6,7)8/h15-16,18-22H,9-14,17H2,1-8H3/p+1. The quantitative estimate of drug-likeness (QED) is 0.209. The molecule has 0 saturated heterocycles. The number of carbonyl (C=O) groups excluding carboxylic acids is 1. The molecule has 2 heterocycles. The largest absolute Gasteiger partial charge is 0.506 e. The van der Waals surface area contributed by atoms with E-state index < -0.39 is 0 Å². The first kappa shape index (κ1) is 28.7. The number of nitrogens with zero attached hydrogens (tertiary/aromatic N) is 1. The van der Waals surface area contributed by atoms with Crippen molar-refractivity contribution in [1.82, 2.24) is 0 Å². The molecule has 1 aliphatic heterocycles. The number of ketones is 1. The third-order valence-electron chi connectivity index (χ3n) is 7.04. The van der Waals surface area contributed by atoms with Gasteiger partial charge in [-0.05, 0) is 48.3 Å². The summed E-state index contributed by atoms with van der Waals surface area (Å²) in [4.78, 5) is 13.1. The molecule has 1 N–H and O–H groups in total. The van der Waals surface area contributed by atoms with Gasteiger partial charge in [0.2, 0.25) is 5.78 Å². The Morgan fingerprint density at radius 2 is 1.46 bits per heavy atom. The molecule has 200 valence electrons. The molecule has 0 aromatic carbocycles. The molecule has 0 saturated carbocycles. The summed E-state index contributed by atoms with van der Waals surface area (Å²) >= 11 is 0. The van der Waals surface area contributed by atoms with Crippen LogP contribution in [0, 0.1) is 10.8 Å². The minimum Gasteiger partial charge on any atom is -0.506 e. The molecule has 2 aliphatic rings. The average Bonchev–Trinajstić information content (AvgIpc) is 2.84. The number of ether oxygens (including phenoxy) is 1. The number of carbonyl (C=O) groups is 1. The Hall–Kier alpha value is -2.88. The van der Waals surface area contributed by atoms with Crippen molar-refractivity contribution in [3.05, 3.63) is 81.8 Å². The molecule has 0 atom stereocenters. The van der Waals surface area contributed by atoms with Gasteiger partial charge in [-0.1, -0.05) is 74.1 Å². The predicted octanol–water partition coefficient (Wildman–Crippen LogP) is 8.32. The molecule has 0 radical (unpaired) electrons. The van der Waals surface area contributed by atoms with Crippen LogP contribution in [0.1, 0.15) is 99.5 Å². The number of Topliss-reactive ketones (excluding diaryl/α,β-unsaturated/α-hetero) is 1. The average molecular weight is 505 g/mol. The van der Waals surface area contributed by atoms with Crippen molar-refractivity contribution < 1.29 is 19.2 Å². The molecular weight excluding hydrogens is 458 g/mol. The van der Waals surface area contributed by atoms with E-state index in [1.54, 1.807) is 6.08 Å². The number of aliphatic hydroxyl groups is 1. The van der Waals surface area contributed by atoms with Crippen molar-refractivity contribution >= 4 is 11.9 Å². The molecule has 0 bridgehead atoms. The van der Waals surface area contributed by atoms with Gasteiger partial charge in [0.05, 0.1) is 11.1 Å². The second kappa shape index (κ2) is 11.7. The van der Waals surface area contributed by atoms with Crippen molar-refractivity contribution in [3.63, 3.8) is 0 Å². The SMILES string of the molecule is CCCCCCCC[n+]1ccc(C=C2C(=O)C(C(C)=C3C=C(C(C)(C)C)OC(C(C)(C)C)=C3)=C2O)cc1. The molecular formula is C33H46NO3+. The van der Waals surface area contributed by atoms with Gasteiger partial charge in [0.25, 0.3) is 0 Å². The van der Waals surface area contributed by atoms with Crippen molar-refractivity contribution in [1.29, 1.82) is 0 Å². The highest BCUT2D eigenvalue weighted by Crippen LogP contribution is 2.42. The second-order valence-corrected chi connectivity index (χ2v) is 12.4. The van der Waals surface area contributed by atoms with E-state index in [2.05, 4.69) is 65.4 Å². The molecule has 1 aromatic rings. The first-order chi connectivity index (χ1) is 17.3. The van der Waals surface area contributed by atoms with Gasteiger partial charge in [0.1, 0.15) is 23.8 Å². The highest BCUT2D eigenvalue weighted by atomic mass is 16.5. The van der Waals surface area contributed by atoms with Crippen molar-refractivity contribution in [3.8, 4) is 0 Å². The number of hydrogen-bond acceptors (Lipinski definition) is 3. The topological polar surface area (TPSA) is 50.4 Å². The van der Waals surface area contributed by atoms with Crippen LogP contribution < -0.4 is 4.57 Å². The van der Waals surface area contributed by atoms with Gasteiger partial charge in [0.15, 0.2) is 12.4 Å². The summed E-state index contributed by atoms with van der Waals surface area (Å²) in [5.74, 6) is 1.67. The highest BCUT2D eigenvalue weighted by Gasteiger charge is 2.36. The van der Waals surface area contributed by atoms with Crippen LogP contribution in [0.25, 0.3) is 6.08 Å². The summed E-state index contributed by atoms with van der Waals surface area (Å²) < 4.78 is 8.43. The fourth-order valence-corrected chi connectivity index (χ4v) is 4.46. The Kier molecular flexibility index (Phi) is 9.05. The Labute approximate surface area is 224 Å². The van der Waals surface area contributed by atoms with Crippen LogP contribution >= 0.6 is 0 Å².